The lowest BCUT2D eigenvalue weighted by atomic mass is 9.87. The molecule has 1 heterocycles. The molecule has 13 aromatic carbocycles. The van der Waals surface area contributed by atoms with Gasteiger partial charge in [0.2, 0.25) is 0 Å². The first-order valence-corrected chi connectivity index (χ1v) is 33.6. The van der Waals surface area contributed by atoms with Crippen LogP contribution in [0.15, 0.2) is 328 Å². The Morgan fingerprint density at radius 1 is 0.278 bits per heavy atom. The maximum absolute atomic E-state index is 13.3. The van der Waals surface area contributed by atoms with E-state index in [1.54, 1.807) is 24.3 Å². The van der Waals surface area contributed by atoms with Gasteiger partial charge >= 0.3 is 0 Å². The van der Waals surface area contributed by atoms with Crippen LogP contribution in [0, 0.1) is 11.6 Å². The fourth-order valence-electron chi connectivity index (χ4n) is 12.2. The summed E-state index contributed by atoms with van der Waals surface area (Å²) in [6.45, 7) is 24.5. The molecule has 6 heteroatoms. The SMILES string of the molecule is CC(C)(C)c1ccc(N(c2ccc(F)cc2)c2ccc(F)cc2)cc1.CC(C)(C)c1ccc(N(c2ccccc2)c2cccc3ccccc23)cc1.CC(C)(C)c1ccc(N(c2ccccc2)c2ccccc2)cc1.CC(C)c1ccc2c(c1)c1ccccc1n2-c1ccccc1. The number of fused-ring (bicyclic) bond motifs is 4. The highest BCUT2D eigenvalue weighted by atomic mass is 19.1. The summed E-state index contributed by atoms with van der Waals surface area (Å²) in [7, 11) is 0. The van der Waals surface area contributed by atoms with Gasteiger partial charge in [0, 0.05) is 67.3 Å². The Labute approximate surface area is 574 Å². The normalized spacial score (nSPS) is 11.4. The average Bonchev–Trinajstić information content (AvgIpc) is 1.62. The lowest BCUT2D eigenvalue weighted by Gasteiger charge is -2.28. The Bertz CT molecular complexity index is 4710. The van der Waals surface area contributed by atoms with Crippen molar-refractivity contribution < 1.29 is 8.78 Å². The van der Waals surface area contributed by atoms with Crippen LogP contribution in [-0.4, -0.2) is 4.57 Å². The molecule has 14 rings (SSSR count). The number of aromatic nitrogens is 1. The molecule has 0 saturated heterocycles. The van der Waals surface area contributed by atoms with Gasteiger partial charge in [0.1, 0.15) is 11.6 Å². The zero-order valence-corrected chi connectivity index (χ0v) is 57.8. The lowest BCUT2D eigenvalue weighted by molar-refractivity contribution is 0.590. The van der Waals surface area contributed by atoms with Crippen molar-refractivity contribution in [3.63, 3.8) is 0 Å². The summed E-state index contributed by atoms with van der Waals surface area (Å²) in [4.78, 5) is 6.60. The fraction of sp³-hybridized carbons (Fsp3) is 0.165. The zero-order valence-electron chi connectivity index (χ0n) is 57.8. The molecule has 0 aliphatic heterocycles. The van der Waals surface area contributed by atoms with Crippen LogP contribution in [0.5, 0.6) is 0 Å². The Morgan fingerprint density at radius 3 is 1.01 bits per heavy atom. The predicted molar refractivity (Wildman–Crippen MR) is 412 cm³/mol. The molecule has 0 aliphatic carbocycles. The summed E-state index contributed by atoms with van der Waals surface area (Å²) in [5, 5.41) is 5.17. The van der Waals surface area contributed by atoms with E-state index in [2.05, 4.69) is 357 Å². The molecular weight excluding hydrogens is 1190 g/mol. The first kappa shape index (κ1) is 67.6. The molecule has 0 radical (unpaired) electrons. The van der Waals surface area contributed by atoms with Gasteiger partial charge in [0.25, 0.3) is 0 Å². The standard InChI is InChI=1S/C26H25N.C22H21F2N.C22H23N.C21H19N/c1-26(2,3)21-16-18-23(19-17-21)27(22-12-5-4-6-13-22)25-15-9-11-20-10-7-8-14-24(20)25;1-22(2,3)16-4-10-19(11-5-16)25(20-12-6-17(23)7-13-20)21-14-8-18(24)9-15-21;1-22(2,3)18-14-16-21(17-15-18)23(19-10-6-4-7-11-19)20-12-8-5-9-13-20;1-15(2)16-12-13-21-19(14-16)18-10-6-7-11-20(18)22(21)17-8-4-3-5-9-17/h4-19H,1-3H3;4-15H,1-3H3;4-17H,1-3H3;3-15H,1-2H3. The highest BCUT2D eigenvalue weighted by Crippen LogP contribution is 2.42. The molecule has 0 unspecified atom stereocenters. The van der Waals surface area contributed by atoms with Crippen LogP contribution >= 0.6 is 0 Å². The van der Waals surface area contributed by atoms with E-state index in [-0.39, 0.29) is 27.9 Å². The van der Waals surface area contributed by atoms with Crippen LogP contribution in [0.2, 0.25) is 0 Å². The van der Waals surface area contributed by atoms with E-state index in [0.717, 1.165) is 22.7 Å². The van der Waals surface area contributed by atoms with Crippen LogP contribution in [-0.2, 0) is 16.2 Å². The van der Waals surface area contributed by atoms with Crippen molar-refractivity contribution in [3.05, 3.63) is 361 Å². The van der Waals surface area contributed by atoms with Gasteiger partial charge in [-0.15, -0.1) is 0 Å². The molecule has 0 spiro atoms. The largest absolute Gasteiger partial charge is 0.311 e. The minimum absolute atomic E-state index is 0.0646. The fourth-order valence-corrected chi connectivity index (χ4v) is 12.2. The van der Waals surface area contributed by atoms with E-state index >= 15 is 0 Å². The van der Waals surface area contributed by atoms with Gasteiger partial charge in [0.15, 0.2) is 0 Å². The van der Waals surface area contributed by atoms with Gasteiger partial charge in [-0.1, -0.05) is 246 Å². The molecular formula is C91H88F2N4. The predicted octanol–water partition coefficient (Wildman–Crippen LogP) is 26.7. The number of hydrogen-bond donors (Lipinski definition) is 0. The molecule has 14 aromatic rings. The Kier molecular flexibility index (Phi) is 20.8. The van der Waals surface area contributed by atoms with Crippen LogP contribution in [0.3, 0.4) is 0 Å². The van der Waals surface area contributed by atoms with Gasteiger partial charge in [0.05, 0.1) is 16.7 Å². The molecule has 0 amide bonds. The van der Waals surface area contributed by atoms with Gasteiger partial charge in [-0.25, -0.2) is 8.78 Å². The van der Waals surface area contributed by atoms with E-state index in [1.807, 2.05) is 17.0 Å². The smallest absolute Gasteiger partial charge is 0.123 e. The number of halogens is 2. The second kappa shape index (κ2) is 29.9. The molecule has 0 N–H and O–H groups in total. The Balaban J connectivity index is 0.000000131. The summed E-state index contributed by atoms with van der Waals surface area (Å²) in [5.41, 5.74) is 19.1. The summed E-state index contributed by atoms with van der Waals surface area (Å²) < 4.78 is 29.0. The van der Waals surface area contributed by atoms with Crippen molar-refractivity contribution in [3.8, 4) is 5.69 Å². The first-order valence-electron chi connectivity index (χ1n) is 33.6. The quantitative estimate of drug-likeness (QED) is 0.128. The lowest BCUT2D eigenvalue weighted by Crippen LogP contribution is -2.13. The summed E-state index contributed by atoms with van der Waals surface area (Å²) in [6, 6.07) is 111. The highest BCUT2D eigenvalue weighted by molar-refractivity contribution is 6.09. The van der Waals surface area contributed by atoms with Gasteiger partial charge in [-0.2, -0.15) is 0 Å². The number of hydrogen-bond acceptors (Lipinski definition) is 3. The minimum atomic E-state index is -0.286. The van der Waals surface area contributed by atoms with Gasteiger partial charge in [-0.3, -0.25) is 0 Å². The molecule has 97 heavy (non-hydrogen) atoms. The van der Waals surface area contributed by atoms with E-state index in [9.17, 15) is 8.78 Å². The Hall–Kier alpha value is -10.8. The first-order chi connectivity index (χ1) is 46.7. The second-order valence-electron chi connectivity index (χ2n) is 28.0. The molecule has 0 fully saturated rings. The number of benzene rings is 13. The molecule has 0 bridgehead atoms. The van der Waals surface area contributed by atoms with E-state index in [1.165, 1.54) is 113 Å². The van der Waals surface area contributed by atoms with Crippen molar-refractivity contribution >= 4 is 83.8 Å². The van der Waals surface area contributed by atoms with Crippen molar-refractivity contribution in [2.24, 2.45) is 0 Å². The monoisotopic (exact) mass is 1270 g/mol. The third kappa shape index (κ3) is 16.3. The van der Waals surface area contributed by atoms with Crippen molar-refractivity contribution in [2.45, 2.75) is 98.3 Å². The summed E-state index contributed by atoms with van der Waals surface area (Å²) >= 11 is 0. The molecule has 486 valence electrons. The maximum atomic E-state index is 13.3. The van der Waals surface area contributed by atoms with Crippen LogP contribution in [0.1, 0.15) is 104 Å². The molecule has 0 saturated carbocycles. The van der Waals surface area contributed by atoms with Crippen molar-refractivity contribution in [1.82, 2.24) is 4.57 Å². The maximum Gasteiger partial charge on any atom is 0.123 e. The van der Waals surface area contributed by atoms with Crippen molar-refractivity contribution in [1.29, 1.82) is 0 Å². The van der Waals surface area contributed by atoms with Crippen LogP contribution in [0.25, 0.3) is 38.3 Å². The third-order valence-corrected chi connectivity index (χ3v) is 17.6. The average molecular weight is 1280 g/mol. The van der Waals surface area contributed by atoms with E-state index in [0.29, 0.717) is 5.92 Å². The highest BCUT2D eigenvalue weighted by Gasteiger charge is 2.21. The Morgan fingerprint density at radius 2 is 0.598 bits per heavy atom. The van der Waals surface area contributed by atoms with Crippen LogP contribution < -0.4 is 14.7 Å². The molecule has 4 nitrogen and oxygen atoms in total. The molecule has 1 aromatic heterocycles. The molecule has 0 aliphatic rings. The molecule has 0 atom stereocenters. The number of para-hydroxylation sites is 5. The summed E-state index contributed by atoms with van der Waals surface area (Å²) in [5.74, 6) is -0.0278. The van der Waals surface area contributed by atoms with Gasteiger partial charge < -0.3 is 19.3 Å². The zero-order chi connectivity index (χ0) is 68.3. The minimum Gasteiger partial charge on any atom is -0.311 e. The topological polar surface area (TPSA) is 14.7 Å². The second-order valence-corrected chi connectivity index (χ2v) is 28.0. The third-order valence-electron chi connectivity index (χ3n) is 17.6. The van der Waals surface area contributed by atoms with E-state index in [4.69, 9.17) is 0 Å². The van der Waals surface area contributed by atoms with Crippen molar-refractivity contribution in [2.75, 3.05) is 14.7 Å². The number of nitrogens with zero attached hydrogens (tertiary/aromatic N) is 4. The number of rotatable bonds is 11. The van der Waals surface area contributed by atoms with Gasteiger partial charge in [-0.05, 0) is 208 Å². The summed E-state index contributed by atoms with van der Waals surface area (Å²) in [6.07, 6.45) is 0. The van der Waals surface area contributed by atoms with Crippen LogP contribution in [0.4, 0.5) is 60.0 Å². The number of anilines is 9. The van der Waals surface area contributed by atoms with E-state index < -0.39 is 0 Å².